The highest BCUT2D eigenvalue weighted by Gasteiger charge is 2.45. The predicted octanol–water partition coefficient (Wildman–Crippen LogP) is 2.04. The van der Waals surface area contributed by atoms with Gasteiger partial charge in [-0.3, -0.25) is 4.90 Å². The molecule has 0 aliphatic carbocycles. The molecule has 3 heteroatoms. The Morgan fingerprint density at radius 1 is 1.38 bits per heavy atom. The topological polar surface area (TPSA) is 36.3 Å². The Hall–Kier alpha value is -0.590. The highest BCUT2D eigenvalue weighted by atomic mass is 16.5. The van der Waals surface area contributed by atoms with E-state index in [0.29, 0.717) is 6.42 Å². The molecule has 2 saturated heterocycles. The van der Waals surface area contributed by atoms with E-state index in [0.717, 1.165) is 38.1 Å². The van der Waals surface area contributed by atoms with Crippen LogP contribution in [0.5, 0.6) is 0 Å². The second-order valence-corrected chi connectivity index (χ2v) is 5.62. The van der Waals surface area contributed by atoms with Gasteiger partial charge in [0.2, 0.25) is 0 Å². The molecular weight excluding hydrogens is 200 g/mol. The highest BCUT2D eigenvalue weighted by Crippen LogP contribution is 2.34. The molecule has 0 bridgehead atoms. The SMILES string of the molecule is CC(C)C1CCN(C2(CC#N)COC2)CC1. The lowest BCUT2D eigenvalue weighted by molar-refractivity contribution is -0.146. The van der Waals surface area contributed by atoms with Crippen LogP contribution < -0.4 is 0 Å². The Morgan fingerprint density at radius 3 is 2.38 bits per heavy atom. The normalized spacial score (nSPS) is 26.4. The molecule has 0 aromatic carbocycles. The molecule has 3 nitrogen and oxygen atoms in total. The molecule has 0 aromatic heterocycles. The number of hydrogen-bond acceptors (Lipinski definition) is 3. The van der Waals surface area contributed by atoms with Gasteiger partial charge in [0.1, 0.15) is 0 Å². The summed E-state index contributed by atoms with van der Waals surface area (Å²) in [7, 11) is 0. The van der Waals surface area contributed by atoms with Crippen LogP contribution in [0.3, 0.4) is 0 Å². The van der Waals surface area contributed by atoms with Crippen LogP contribution in [-0.4, -0.2) is 36.7 Å². The summed E-state index contributed by atoms with van der Waals surface area (Å²) in [4.78, 5) is 2.50. The molecule has 2 fully saturated rings. The van der Waals surface area contributed by atoms with Gasteiger partial charge in [-0.15, -0.1) is 0 Å². The van der Waals surface area contributed by atoms with Crippen LogP contribution in [0, 0.1) is 23.2 Å². The quantitative estimate of drug-likeness (QED) is 0.733. The number of nitriles is 1. The minimum atomic E-state index is 0.0662. The van der Waals surface area contributed by atoms with Crippen molar-refractivity contribution in [3.63, 3.8) is 0 Å². The van der Waals surface area contributed by atoms with Gasteiger partial charge in [0.25, 0.3) is 0 Å². The molecule has 2 heterocycles. The molecule has 0 N–H and O–H groups in total. The number of nitrogens with zero attached hydrogens (tertiary/aromatic N) is 2. The van der Waals surface area contributed by atoms with Crippen molar-refractivity contribution in [2.75, 3.05) is 26.3 Å². The lowest BCUT2D eigenvalue weighted by Crippen LogP contribution is -2.63. The zero-order valence-electron chi connectivity index (χ0n) is 10.4. The molecular formula is C13H22N2O. The van der Waals surface area contributed by atoms with Crippen LogP contribution in [0.2, 0.25) is 0 Å². The van der Waals surface area contributed by atoms with E-state index in [9.17, 15) is 0 Å². The predicted molar refractivity (Wildman–Crippen MR) is 62.9 cm³/mol. The van der Waals surface area contributed by atoms with E-state index in [1.807, 2.05) is 0 Å². The van der Waals surface area contributed by atoms with Crippen molar-refractivity contribution in [3.05, 3.63) is 0 Å². The standard InChI is InChI=1S/C13H22N2O/c1-11(2)12-3-7-15(8-4-12)13(5-6-14)9-16-10-13/h11-12H,3-5,7-10H2,1-2H3. The van der Waals surface area contributed by atoms with E-state index in [2.05, 4.69) is 24.8 Å². The Bertz CT molecular complexity index is 270. The summed E-state index contributed by atoms with van der Waals surface area (Å²) in [5.74, 6) is 1.67. The van der Waals surface area contributed by atoms with E-state index in [1.165, 1.54) is 12.8 Å². The van der Waals surface area contributed by atoms with Gasteiger partial charge in [0, 0.05) is 0 Å². The van der Waals surface area contributed by atoms with Gasteiger partial charge in [0.05, 0.1) is 31.2 Å². The van der Waals surface area contributed by atoms with E-state index in [-0.39, 0.29) is 5.54 Å². The van der Waals surface area contributed by atoms with Crippen LogP contribution in [0.4, 0.5) is 0 Å². The number of likely N-dealkylation sites (tertiary alicyclic amines) is 1. The maximum absolute atomic E-state index is 8.91. The summed E-state index contributed by atoms with van der Waals surface area (Å²) in [6.07, 6.45) is 3.19. The van der Waals surface area contributed by atoms with Crippen molar-refractivity contribution in [2.45, 2.75) is 38.6 Å². The first-order chi connectivity index (χ1) is 7.68. The molecule has 0 saturated carbocycles. The monoisotopic (exact) mass is 222 g/mol. The Balaban J connectivity index is 1.91. The van der Waals surface area contributed by atoms with Crippen molar-refractivity contribution in [1.29, 1.82) is 5.26 Å². The third-order valence-corrected chi connectivity index (χ3v) is 4.30. The Kier molecular flexibility index (Phi) is 3.51. The average Bonchev–Trinajstić information content (AvgIpc) is 2.23. The van der Waals surface area contributed by atoms with Crippen LogP contribution in [0.25, 0.3) is 0 Å². The van der Waals surface area contributed by atoms with Gasteiger partial charge >= 0.3 is 0 Å². The third-order valence-electron chi connectivity index (χ3n) is 4.30. The van der Waals surface area contributed by atoms with Crippen LogP contribution in [0.1, 0.15) is 33.1 Å². The van der Waals surface area contributed by atoms with Gasteiger partial charge in [0.15, 0.2) is 0 Å². The minimum absolute atomic E-state index is 0.0662. The molecule has 2 aliphatic heterocycles. The lowest BCUT2D eigenvalue weighted by Gasteiger charge is -2.51. The van der Waals surface area contributed by atoms with Gasteiger partial charge in [-0.25, -0.2) is 0 Å². The van der Waals surface area contributed by atoms with E-state index < -0.39 is 0 Å². The summed E-state index contributed by atoms with van der Waals surface area (Å²) >= 11 is 0. The number of rotatable bonds is 3. The van der Waals surface area contributed by atoms with Gasteiger partial charge in [-0.2, -0.15) is 5.26 Å². The van der Waals surface area contributed by atoms with Gasteiger partial charge < -0.3 is 4.74 Å². The van der Waals surface area contributed by atoms with Crippen molar-refractivity contribution < 1.29 is 4.74 Å². The van der Waals surface area contributed by atoms with E-state index in [4.69, 9.17) is 10.00 Å². The fraction of sp³-hybridized carbons (Fsp3) is 0.923. The summed E-state index contributed by atoms with van der Waals surface area (Å²) in [6, 6.07) is 2.32. The molecule has 0 atom stereocenters. The van der Waals surface area contributed by atoms with Crippen molar-refractivity contribution in [3.8, 4) is 6.07 Å². The molecule has 0 aromatic rings. The first kappa shape index (κ1) is 11.9. The fourth-order valence-corrected chi connectivity index (χ4v) is 2.92. The fourth-order valence-electron chi connectivity index (χ4n) is 2.92. The lowest BCUT2D eigenvalue weighted by atomic mass is 9.83. The molecule has 16 heavy (non-hydrogen) atoms. The van der Waals surface area contributed by atoms with Crippen LogP contribution >= 0.6 is 0 Å². The number of piperidine rings is 1. The molecule has 2 rings (SSSR count). The smallest absolute Gasteiger partial charge is 0.0809 e. The summed E-state index contributed by atoms with van der Waals surface area (Å²) in [5.41, 5.74) is 0.0662. The molecule has 0 spiro atoms. The van der Waals surface area contributed by atoms with Crippen molar-refractivity contribution in [1.82, 2.24) is 4.90 Å². The number of hydrogen-bond donors (Lipinski definition) is 0. The highest BCUT2D eigenvalue weighted by molar-refractivity contribution is 5.03. The summed E-state index contributed by atoms with van der Waals surface area (Å²) in [6.45, 7) is 8.44. The summed E-state index contributed by atoms with van der Waals surface area (Å²) < 4.78 is 5.33. The largest absolute Gasteiger partial charge is 0.377 e. The first-order valence-electron chi connectivity index (χ1n) is 6.38. The number of ether oxygens (including phenoxy) is 1. The maximum Gasteiger partial charge on any atom is 0.0809 e. The van der Waals surface area contributed by atoms with Crippen LogP contribution in [-0.2, 0) is 4.74 Å². The second kappa shape index (κ2) is 4.73. The van der Waals surface area contributed by atoms with Gasteiger partial charge in [-0.1, -0.05) is 13.8 Å². The second-order valence-electron chi connectivity index (χ2n) is 5.62. The molecule has 0 radical (unpaired) electrons. The van der Waals surface area contributed by atoms with Crippen LogP contribution in [0.15, 0.2) is 0 Å². The first-order valence-corrected chi connectivity index (χ1v) is 6.38. The summed E-state index contributed by atoms with van der Waals surface area (Å²) in [5, 5.41) is 8.91. The molecule has 2 aliphatic rings. The van der Waals surface area contributed by atoms with Gasteiger partial charge in [-0.05, 0) is 37.8 Å². The zero-order chi connectivity index (χ0) is 11.6. The third kappa shape index (κ3) is 2.09. The average molecular weight is 222 g/mol. The maximum atomic E-state index is 8.91. The van der Waals surface area contributed by atoms with Crippen molar-refractivity contribution >= 4 is 0 Å². The molecule has 0 unspecified atom stereocenters. The zero-order valence-corrected chi connectivity index (χ0v) is 10.4. The van der Waals surface area contributed by atoms with E-state index >= 15 is 0 Å². The minimum Gasteiger partial charge on any atom is -0.377 e. The molecule has 90 valence electrons. The Labute approximate surface area is 98.4 Å². The van der Waals surface area contributed by atoms with Crippen molar-refractivity contribution in [2.24, 2.45) is 11.8 Å². The van der Waals surface area contributed by atoms with E-state index in [1.54, 1.807) is 0 Å². The molecule has 0 amide bonds. The Morgan fingerprint density at radius 2 is 2.00 bits per heavy atom.